The summed E-state index contributed by atoms with van der Waals surface area (Å²) in [6.07, 6.45) is -1.83. The van der Waals surface area contributed by atoms with Gasteiger partial charge in [0.15, 0.2) is 5.78 Å². The maximum absolute atomic E-state index is 12.0. The molecule has 1 N–H and O–H groups in total. The molecule has 0 heterocycles. The zero-order valence-electron chi connectivity index (χ0n) is 14.0. The Bertz CT molecular complexity index is 734. The van der Waals surface area contributed by atoms with Crippen LogP contribution in [0.2, 0.25) is 0 Å². The van der Waals surface area contributed by atoms with Crippen LogP contribution in [0.4, 0.5) is 0 Å². The zero-order chi connectivity index (χ0) is 18.2. The summed E-state index contributed by atoms with van der Waals surface area (Å²) in [4.78, 5) is 35.8. The number of benzene rings is 2. The third-order valence-electron chi connectivity index (χ3n) is 3.77. The van der Waals surface area contributed by atoms with Gasteiger partial charge in [-0.05, 0) is 17.7 Å². The molecule has 5 heteroatoms. The van der Waals surface area contributed by atoms with Gasteiger partial charge in [-0.25, -0.2) is 0 Å². The maximum Gasteiger partial charge on any atom is 0.170 e. The van der Waals surface area contributed by atoms with E-state index in [2.05, 4.69) is 0 Å². The average Bonchev–Trinajstić information content (AvgIpc) is 2.62. The second-order valence-electron chi connectivity index (χ2n) is 5.71. The van der Waals surface area contributed by atoms with E-state index in [1.165, 1.54) is 7.11 Å². The average molecular weight is 340 g/mol. The number of hydrogen-bond donors (Lipinski definition) is 1. The third kappa shape index (κ3) is 5.65. The molecule has 1 atom stereocenters. The van der Waals surface area contributed by atoms with E-state index < -0.39 is 17.7 Å². The number of Topliss-reactive ketones (excluding diaryl/α,β-unsaturated/α-hetero) is 3. The van der Waals surface area contributed by atoms with Crippen LogP contribution >= 0.6 is 0 Å². The molecule has 130 valence electrons. The molecule has 0 aliphatic heterocycles. The van der Waals surface area contributed by atoms with Crippen molar-refractivity contribution in [2.45, 2.75) is 25.4 Å². The number of ketones is 3. The first-order valence-corrected chi connectivity index (χ1v) is 7.93. The molecule has 2 aromatic carbocycles. The number of carbonyl (C=O) groups is 3. The van der Waals surface area contributed by atoms with Crippen molar-refractivity contribution in [2.24, 2.45) is 0 Å². The highest BCUT2D eigenvalue weighted by molar-refractivity contribution is 6.12. The highest BCUT2D eigenvalue weighted by Crippen LogP contribution is 2.21. The Morgan fingerprint density at radius 1 is 0.920 bits per heavy atom. The van der Waals surface area contributed by atoms with Crippen molar-refractivity contribution in [2.75, 3.05) is 7.11 Å². The number of aliphatic hydroxyl groups excluding tert-OH is 1. The highest BCUT2D eigenvalue weighted by Gasteiger charge is 2.18. The standard InChI is InChI=1S/C20H20O5/c1-25-18-9-7-15(8-10-18)20(24)13-17(22)11-16(21)12-19(23)14-5-3-2-4-6-14/h2-10,20,24H,11-13H2,1H3/t20-/m0/s1. The van der Waals surface area contributed by atoms with Gasteiger partial charge in [-0.2, -0.15) is 0 Å². The van der Waals surface area contributed by atoms with Gasteiger partial charge in [0.05, 0.1) is 26.1 Å². The van der Waals surface area contributed by atoms with Crippen molar-refractivity contribution in [1.29, 1.82) is 0 Å². The van der Waals surface area contributed by atoms with E-state index >= 15 is 0 Å². The van der Waals surface area contributed by atoms with Crippen LogP contribution in [0.15, 0.2) is 54.6 Å². The van der Waals surface area contributed by atoms with Gasteiger partial charge >= 0.3 is 0 Å². The molecule has 0 bridgehead atoms. The quantitative estimate of drug-likeness (QED) is 0.561. The van der Waals surface area contributed by atoms with Gasteiger partial charge in [-0.15, -0.1) is 0 Å². The maximum atomic E-state index is 12.0. The van der Waals surface area contributed by atoms with Crippen molar-refractivity contribution in [1.82, 2.24) is 0 Å². The Hall–Kier alpha value is -2.79. The summed E-state index contributed by atoms with van der Waals surface area (Å²) in [5.74, 6) is -0.499. The third-order valence-corrected chi connectivity index (χ3v) is 3.77. The number of ether oxygens (including phenoxy) is 1. The fourth-order valence-corrected chi connectivity index (χ4v) is 2.42. The number of rotatable bonds is 9. The Kier molecular flexibility index (Phi) is 6.60. The van der Waals surface area contributed by atoms with Gasteiger partial charge in [-0.3, -0.25) is 14.4 Å². The molecule has 2 rings (SSSR count). The van der Waals surface area contributed by atoms with Crippen LogP contribution in [0.5, 0.6) is 5.75 Å². The van der Waals surface area contributed by atoms with Crippen LogP contribution < -0.4 is 4.74 Å². The second-order valence-corrected chi connectivity index (χ2v) is 5.71. The predicted molar refractivity (Wildman–Crippen MR) is 92.6 cm³/mol. The molecule has 0 saturated carbocycles. The molecule has 5 nitrogen and oxygen atoms in total. The summed E-state index contributed by atoms with van der Waals surface area (Å²) in [6, 6.07) is 15.2. The van der Waals surface area contributed by atoms with E-state index in [4.69, 9.17) is 4.74 Å². The molecular formula is C20H20O5. The van der Waals surface area contributed by atoms with Gasteiger partial charge < -0.3 is 9.84 Å². The Morgan fingerprint density at radius 3 is 2.16 bits per heavy atom. The minimum absolute atomic E-state index is 0.169. The van der Waals surface area contributed by atoms with Crippen LogP contribution in [0.25, 0.3) is 0 Å². The Labute approximate surface area is 146 Å². The number of hydrogen-bond acceptors (Lipinski definition) is 5. The smallest absolute Gasteiger partial charge is 0.170 e. The van der Waals surface area contributed by atoms with Crippen molar-refractivity contribution in [3.63, 3.8) is 0 Å². The monoisotopic (exact) mass is 340 g/mol. The van der Waals surface area contributed by atoms with E-state index in [9.17, 15) is 19.5 Å². The number of aliphatic hydroxyl groups is 1. The van der Waals surface area contributed by atoms with Gasteiger partial charge in [-0.1, -0.05) is 42.5 Å². The lowest BCUT2D eigenvalue weighted by Crippen LogP contribution is -2.15. The van der Waals surface area contributed by atoms with E-state index in [0.717, 1.165) is 0 Å². The Morgan fingerprint density at radius 2 is 1.56 bits per heavy atom. The van der Waals surface area contributed by atoms with Crippen LogP contribution in [0.3, 0.4) is 0 Å². The minimum Gasteiger partial charge on any atom is -0.497 e. The summed E-state index contributed by atoms with van der Waals surface area (Å²) in [5, 5.41) is 10.1. The molecule has 0 fully saturated rings. The molecule has 2 aromatic rings. The number of methoxy groups -OCH3 is 1. The predicted octanol–water partition coefficient (Wildman–Crippen LogP) is 2.92. The van der Waals surface area contributed by atoms with E-state index in [1.54, 1.807) is 54.6 Å². The molecule has 0 aliphatic rings. The molecule has 25 heavy (non-hydrogen) atoms. The fraction of sp³-hybridized carbons (Fsp3) is 0.250. The van der Waals surface area contributed by atoms with E-state index in [-0.39, 0.29) is 25.0 Å². The lowest BCUT2D eigenvalue weighted by Gasteiger charge is -2.10. The van der Waals surface area contributed by atoms with Gasteiger partial charge in [0.25, 0.3) is 0 Å². The first kappa shape index (κ1) is 18.5. The van der Waals surface area contributed by atoms with Crippen LogP contribution in [0.1, 0.15) is 41.3 Å². The molecule has 0 radical (unpaired) electrons. The lowest BCUT2D eigenvalue weighted by atomic mass is 9.99. The van der Waals surface area contributed by atoms with E-state index in [0.29, 0.717) is 16.9 Å². The molecule has 0 saturated heterocycles. The summed E-state index contributed by atoms with van der Waals surface area (Å²) in [7, 11) is 1.54. The van der Waals surface area contributed by atoms with Gasteiger partial charge in [0.1, 0.15) is 17.3 Å². The second kappa shape index (κ2) is 8.89. The van der Waals surface area contributed by atoms with Crippen molar-refractivity contribution >= 4 is 17.3 Å². The molecule has 0 spiro atoms. The number of carbonyl (C=O) groups excluding carboxylic acids is 3. The first-order chi connectivity index (χ1) is 12.0. The zero-order valence-corrected chi connectivity index (χ0v) is 14.0. The van der Waals surface area contributed by atoms with Crippen molar-refractivity contribution in [3.05, 3.63) is 65.7 Å². The van der Waals surface area contributed by atoms with E-state index in [1.807, 2.05) is 0 Å². The van der Waals surface area contributed by atoms with Crippen molar-refractivity contribution < 1.29 is 24.2 Å². The normalized spacial score (nSPS) is 11.6. The SMILES string of the molecule is COc1ccc([C@@H](O)CC(=O)CC(=O)CC(=O)c2ccccc2)cc1. The largest absolute Gasteiger partial charge is 0.497 e. The Balaban J connectivity index is 1.84. The van der Waals surface area contributed by atoms with Crippen LogP contribution in [-0.2, 0) is 9.59 Å². The topological polar surface area (TPSA) is 80.7 Å². The molecule has 0 amide bonds. The summed E-state index contributed by atoms with van der Waals surface area (Å²) in [5.41, 5.74) is 1.02. The van der Waals surface area contributed by atoms with Crippen LogP contribution in [0, 0.1) is 0 Å². The minimum atomic E-state index is -0.990. The summed E-state index contributed by atoms with van der Waals surface area (Å²) < 4.78 is 5.03. The summed E-state index contributed by atoms with van der Waals surface area (Å²) >= 11 is 0. The molecule has 0 unspecified atom stereocenters. The molecule has 0 aromatic heterocycles. The molecular weight excluding hydrogens is 320 g/mol. The van der Waals surface area contributed by atoms with Crippen molar-refractivity contribution in [3.8, 4) is 5.75 Å². The lowest BCUT2D eigenvalue weighted by molar-refractivity contribution is -0.127. The first-order valence-electron chi connectivity index (χ1n) is 7.93. The molecule has 0 aliphatic carbocycles. The summed E-state index contributed by atoms with van der Waals surface area (Å²) in [6.45, 7) is 0. The van der Waals surface area contributed by atoms with Gasteiger partial charge in [0.2, 0.25) is 0 Å². The van der Waals surface area contributed by atoms with Gasteiger partial charge in [0, 0.05) is 12.0 Å². The van der Waals surface area contributed by atoms with Crippen LogP contribution in [-0.4, -0.2) is 29.6 Å². The fourth-order valence-electron chi connectivity index (χ4n) is 2.42. The highest BCUT2D eigenvalue weighted by atomic mass is 16.5.